The first-order valence-corrected chi connectivity index (χ1v) is 7.89. The van der Waals surface area contributed by atoms with Gasteiger partial charge in [-0.25, -0.2) is 4.79 Å². The zero-order valence-corrected chi connectivity index (χ0v) is 12.3. The Morgan fingerprint density at radius 2 is 1.45 bits per heavy atom. The van der Waals surface area contributed by atoms with Gasteiger partial charge in [0.25, 0.3) is 0 Å². The van der Waals surface area contributed by atoms with Crippen molar-refractivity contribution in [3.8, 4) is 0 Å². The predicted octanol–water partition coefficient (Wildman–Crippen LogP) is 2.77. The highest BCUT2D eigenvalue weighted by Gasteiger charge is 2.01. The Hall–Kier alpha value is -1.73. The fraction of sp³-hybridized carbons (Fsp3) is 0.154. The summed E-state index contributed by atoms with van der Waals surface area (Å²) in [5, 5.41) is 0. The summed E-state index contributed by atoms with van der Waals surface area (Å²) < 4.78 is 5.44. The standard InChI is InChI=1S/C13H14N4OS2/c18-13(16-19-9-11-3-1-5-14-7-11)17-20-10-12-4-2-6-15-8-12/h1-8H,9-10H2,(H2,16,17,18). The lowest BCUT2D eigenvalue weighted by atomic mass is 10.3. The van der Waals surface area contributed by atoms with Crippen molar-refractivity contribution in [2.45, 2.75) is 11.5 Å². The van der Waals surface area contributed by atoms with E-state index in [2.05, 4.69) is 19.4 Å². The molecule has 0 aliphatic rings. The normalized spacial score (nSPS) is 10.0. The molecule has 2 N–H and O–H groups in total. The molecule has 2 heterocycles. The minimum atomic E-state index is -0.215. The third kappa shape index (κ3) is 5.50. The second-order valence-corrected chi connectivity index (χ2v) is 5.40. The molecule has 0 saturated heterocycles. The van der Waals surface area contributed by atoms with Gasteiger partial charge in [0, 0.05) is 36.3 Å². The number of hydrogen-bond donors (Lipinski definition) is 2. The number of aromatic nitrogens is 2. The monoisotopic (exact) mass is 306 g/mol. The lowest BCUT2D eigenvalue weighted by Crippen LogP contribution is -2.26. The molecule has 7 heteroatoms. The number of rotatable bonds is 6. The third-order valence-corrected chi connectivity index (χ3v) is 3.87. The first-order chi connectivity index (χ1) is 9.84. The molecule has 104 valence electrons. The molecule has 0 unspecified atom stereocenters. The topological polar surface area (TPSA) is 66.9 Å². The number of pyridine rings is 2. The zero-order valence-electron chi connectivity index (χ0n) is 10.7. The third-order valence-electron chi connectivity index (χ3n) is 2.25. The molecule has 5 nitrogen and oxygen atoms in total. The van der Waals surface area contributed by atoms with Crippen LogP contribution in [0.4, 0.5) is 4.79 Å². The largest absolute Gasteiger partial charge is 0.334 e. The summed E-state index contributed by atoms with van der Waals surface area (Å²) in [5.41, 5.74) is 2.14. The van der Waals surface area contributed by atoms with E-state index in [4.69, 9.17) is 0 Å². The lowest BCUT2D eigenvalue weighted by Gasteiger charge is -2.06. The van der Waals surface area contributed by atoms with Gasteiger partial charge in [-0.15, -0.1) is 0 Å². The average Bonchev–Trinajstić information content (AvgIpc) is 2.49. The summed E-state index contributed by atoms with van der Waals surface area (Å²) in [6.45, 7) is 0. The van der Waals surface area contributed by atoms with Crippen molar-refractivity contribution in [2.75, 3.05) is 0 Å². The highest BCUT2D eigenvalue weighted by atomic mass is 32.2. The molecule has 0 saturated carbocycles. The number of carbonyl (C=O) groups excluding carboxylic acids is 1. The summed E-state index contributed by atoms with van der Waals surface area (Å²) in [6, 6.07) is 7.47. The van der Waals surface area contributed by atoms with Crippen molar-refractivity contribution in [1.29, 1.82) is 0 Å². The van der Waals surface area contributed by atoms with E-state index in [9.17, 15) is 4.79 Å². The van der Waals surface area contributed by atoms with Gasteiger partial charge in [0.1, 0.15) is 0 Å². The van der Waals surface area contributed by atoms with Gasteiger partial charge in [0.2, 0.25) is 0 Å². The maximum atomic E-state index is 11.5. The Morgan fingerprint density at radius 3 is 1.85 bits per heavy atom. The zero-order chi connectivity index (χ0) is 14.0. The number of carbonyl (C=O) groups is 1. The molecule has 2 rings (SSSR count). The summed E-state index contributed by atoms with van der Waals surface area (Å²) >= 11 is 2.67. The van der Waals surface area contributed by atoms with Crippen LogP contribution >= 0.6 is 23.9 Å². The summed E-state index contributed by atoms with van der Waals surface area (Å²) in [6.07, 6.45) is 7.01. The van der Waals surface area contributed by atoms with Crippen LogP contribution < -0.4 is 9.44 Å². The van der Waals surface area contributed by atoms with Gasteiger partial charge in [-0.3, -0.25) is 19.4 Å². The van der Waals surface area contributed by atoms with E-state index in [-0.39, 0.29) is 6.03 Å². The van der Waals surface area contributed by atoms with E-state index in [1.54, 1.807) is 24.8 Å². The summed E-state index contributed by atoms with van der Waals surface area (Å²) in [5.74, 6) is 1.38. The van der Waals surface area contributed by atoms with E-state index in [0.29, 0.717) is 11.5 Å². The van der Waals surface area contributed by atoms with Crippen LogP contribution in [-0.4, -0.2) is 16.0 Å². The van der Waals surface area contributed by atoms with E-state index >= 15 is 0 Å². The first-order valence-electron chi connectivity index (χ1n) is 5.92. The molecule has 2 aromatic heterocycles. The molecule has 0 aliphatic carbocycles. The highest BCUT2D eigenvalue weighted by Crippen LogP contribution is 2.09. The van der Waals surface area contributed by atoms with Crippen molar-refractivity contribution in [2.24, 2.45) is 0 Å². The summed E-state index contributed by atoms with van der Waals surface area (Å²) in [7, 11) is 0. The van der Waals surface area contributed by atoms with Crippen LogP contribution in [0.5, 0.6) is 0 Å². The number of urea groups is 1. The number of nitrogens with zero attached hydrogens (tertiary/aromatic N) is 2. The second-order valence-electron chi connectivity index (χ2n) is 3.83. The van der Waals surface area contributed by atoms with Crippen LogP contribution in [0.1, 0.15) is 11.1 Å². The van der Waals surface area contributed by atoms with Crippen LogP contribution in [0.2, 0.25) is 0 Å². The van der Waals surface area contributed by atoms with Crippen molar-refractivity contribution in [1.82, 2.24) is 19.4 Å². The number of hydrogen-bond acceptors (Lipinski definition) is 5. The van der Waals surface area contributed by atoms with Crippen LogP contribution in [0.25, 0.3) is 0 Å². The number of nitrogens with one attached hydrogen (secondary N) is 2. The fourth-order valence-electron chi connectivity index (χ4n) is 1.36. The second kappa shape index (κ2) is 8.44. The Balaban J connectivity index is 1.59. The molecule has 2 aromatic rings. The predicted molar refractivity (Wildman–Crippen MR) is 82.7 cm³/mol. The quantitative estimate of drug-likeness (QED) is 0.803. The van der Waals surface area contributed by atoms with Crippen molar-refractivity contribution in [3.05, 3.63) is 60.2 Å². The molecule has 0 radical (unpaired) electrons. The number of amides is 2. The van der Waals surface area contributed by atoms with Gasteiger partial charge in [-0.05, 0) is 47.2 Å². The van der Waals surface area contributed by atoms with Gasteiger partial charge in [-0.2, -0.15) is 0 Å². The molecular weight excluding hydrogens is 292 g/mol. The molecule has 20 heavy (non-hydrogen) atoms. The van der Waals surface area contributed by atoms with Crippen molar-refractivity contribution >= 4 is 29.9 Å². The Kier molecular flexibility index (Phi) is 6.19. The van der Waals surface area contributed by atoms with Gasteiger partial charge in [-0.1, -0.05) is 12.1 Å². The summed E-state index contributed by atoms with van der Waals surface area (Å²) in [4.78, 5) is 19.6. The van der Waals surface area contributed by atoms with Crippen molar-refractivity contribution < 1.29 is 4.79 Å². The minimum absolute atomic E-state index is 0.215. The maximum absolute atomic E-state index is 11.5. The molecule has 0 bridgehead atoms. The maximum Gasteiger partial charge on any atom is 0.334 e. The Bertz CT molecular complexity index is 477. The highest BCUT2D eigenvalue weighted by molar-refractivity contribution is 7.98. The van der Waals surface area contributed by atoms with Crippen LogP contribution in [0, 0.1) is 0 Å². The Morgan fingerprint density at radius 1 is 0.950 bits per heavy atom. The molecule has 0 spiro atoms. The van der Waals surface area contributed by atoms with Crippen LogP contribution in [-0.2, 0) is 11.5 Å². The van der Waals surface area contributed by atoms with Crippen LogP contribution in [0.15, 0.2) is 49.1 Å². The van der Waals surface area contributed by atoms with E-state index in [1.165, 1.54) is 23.9 Å². The fourth-order valence-corrected chi connectivity index (χ4v) is 2.61. The Labute approximate surface area is 126 Å². The lowest BCUT2D eigenvalue weighted by molar-refractivity contribution is 0.252. The van der Waals surface area contributed by atoms with Crippen molar-refractivity contribution in [3.63, 3.8) is 0 Å². The average molecular weight is 306 g/mol. The minimum Gasteiger partial charge on any atom is -0.281 e. The van der Waals surface area contributed by atoms with E-state index in [0.717, 1.165) is 11.1 Å². The first kappa shape index (κ1) is 14.7. The van der Waals surface area contributed by atoms with Gasteiger partial charge >= 0.3 is 6.03 Å². The molecule has 0 atom stereocenters. The molecule has 0 fully saturated rings. The van der Waals surface area contributed by atoms with Gasteiger partial charge in [0.15, 0.2) is 0 Å². The molecule has 0 aromatic carbocycles. The van der Waals surface area contributed by atoms with Gasteiger partial charge in [0.05, 0.1) is 0 Å². The van der Waals surface area contributed by atoms with Gasteiger partial charge < -0.3 is 0 Å². The molecule has 0 aliphatic heterocycles. The SMILES string of the molecule is O=C(NSCc1cccnc1)NSCc1cccnc1. The smallest absolute Gasteiger partial charge is 0.281 e. The molecule has 2 amide bonds. The van der Waals surface area contributed by atoms with Crippen LogP contribution in [0.3, 0.4) is 0 Å². The van der Waals surface area contributed by atoms with E-state index in [1.807, 2.05) is 24.3 Å². The van der Waals surface area contributed by atoms with E-state index < -0.39 is 0 Å². The molecular formula is C13H14N4OS2.